The molecule has 170 valence electrons. The molecule has 0 spiro atoms. The van der Waals surface area contributed by atoms with Crippen molar-refractivity contribution in [1.29, 1.82) is 0 Å². The number of aromatic nitrogens is 2. The maximum Gasteiger partial charge on any atom is 0.416 e. The number of carbonyl (C=O) groups excluding carboxylic acids is 1. The molecule has 8 nitrogen and oxygen atoms in total. The highest BCUT2D eigenvalue weighted by Crippen LogP contribution is 2.51. The van der Waals surface area contributed by atoms with Gasteiger partial charge in [-0.1, -0.05) is 12.1 Å². The fourth-order valence-electron chi connectivity index (χ4n) is 3.49. The van der Waals surface area contributed by atoms with Gasteiger partial charge in [0.05, 0.1) is 11.0 Å². The Balaban J connectivity index is 1.63. The van der Waals surface area contributed by atoms with Crippen molar-refractivity contribution in [3.63, 3.8) is 0 Å². The Bertz CT molecular complexity index is 1240. The maximum absolute atomic E-state index is 13.0. The van der Waals surface area contributed by atoms with Crippen molar-refractivity contribution in [3.05, 3.63) is 71.5 Å². The van der Waals surface area contributed by atoms with Crippen LogP contribution in [0.5, 0.6) is 0 Å². The Morgan fingerprint density at radius 1 is 1.00 bits per heavy atom. The molecular formula is C22H18F3N5O3. The van der Waals surface area contributed by atoms with Crippen molar-refractivity contribution in [1.82, 2.24) is 9.97 Å². The van der Waals surface area contributed by atoms with Crippen LogP contribution in [0.1, 0.15) is 34.3 Å². The first-order valence-corrected chi connectivity index (χ1v) is 9.79. The summed E-state index contributed by atoms with van der Waals surface area (Å²) in [6.07, 6.45) is -2.40. The second-order valence-corrected chi connectivity index (χ2v) is 7.63. The molecule has 1 aromatic heterocycles. The van der Waals surface area contributed by atoms with Crippen LogP contribution in [0.15, 0.2) is 54.9 Å². The first kappa shape index (κ1) is 22.1. The number of benzene rings is 2. The van der Waals surface area contributed by atoms with Crippen molar-refractivity contribution in [3.8, 4) is 0 Å². The number of amides is 1. The van der Waals surface area contributed by atoms with Gasteiger partial charge in [-0.05, 0) is 48.7 Å². The predicted octanol–water partition coefficient (Wildman–Crippen LogP) is 4.20. The largest absolute Gasteiger partial charge is 0.481 e. The van der Waals surface area contributed by atoms with Crippen LogP contribution in [0.25, 0.3) is 0 Å². The van der Waals surface area contributed by atoms with Crippen LogP contribution in [0.3, 0.4) is 0 Å². The Hall–Kier alpha value is -4.15. The lowest BCUT2D eigenvalue weighted by Crippen LogP contribution is -2.21. The number of carbonyl (C=O) groups is 2. The molecule has 0 radical (unpaired) electrons. The van der Waals surface area contributed by atoms with Crippen molar-refractivity contribution in [2.24, 2.45) is 5.73 Å². The number of carboxylic acid groups (broad SMARTS) is 1. The number of halogens is 3. The third-order valence-corrected chi connectivity index (χ3v) is 5.37. The maximum atomic E-state index is 13.0. The molecule has 33 heavy (non-hydrogen) atoms. The number of hydrogen-bond donors (Lipinski definition) is 4. The minimum absolute atomic E-state index is 0.175. The molecule has 1 saturated carbocycles. The van der Waals surface area contributed by atoms with Gasteiger partial charge in [-0.3, -0.25) is 9.59 Å². The quantitative estimate of drug-likeness (QED) is 0.418. The molecule has 1 heterocycles. The zero-order chi connectivity index (χ0) is 23.8. The molecule has 3 aromatic rings. The summed E-state index contributed by atoms with van der Waals surface area (Å²) in [5.74, 6) is -1.21. The van der Waals surface area contributed by atoms with Gasteiger partial charge in [-0.2, -0.15) is 13.2 Å². The lowest BCUT2D eigenvalue weighted by molar-refractivity contribution is -0.140. The van der Waals surface area contributed by atoms with Crippen molar-refractivity contribution < 1.29 is 27.9 Å². The summed E-state index contributed by atoms with van der Waals surface area (Å²) in [6.45, 7) is 0. The number of nitrogens with two attached hydrogens (primary N) is 1. The summed E-state index contributed by atoms with van der Waals surface area (Å²) in [6, 6.07) is 10.6. The Morgan fingerprint density at radius 2 is 1.70 bits per heavy atom. The Morgan fingerprint density at radius 3 is 2.30 bits per heavy atom. The number of hydrogen-bond acceptors (Lipinski definition) is 6. The highest BCUT2D eigenvalue weighted by molar-refractivity contribution is 5.95. The van der Waals surface area contributed by atoms with Gasteiger partial charge >= 0.3 is 12.1 Å². The molecule has 0 bridgehead atoms. The number of anilines is 4. The summed E-state index contributed by atoms with van der Waals surface area (Å²) in [4.78, 5) is 31.6. The van der Waals surface area contributed by atoms with Gasteiger partial charge in [-0.15, -0.1) is 0 Å². The van der Waals surface area contributed by atoms with Gasteiger partial charge in [0, 0.05) is 23.0 Å². The fourth-order valence-corrected chi connectivity index (χ4v) is 3.49. The Kier molecular flexibility index (Phi) is 5.40. The highest BCUT2D eigenvalue weighted by Gasteiger charge is 2.53. The van der Waals surface area contributed by atoms with Crippen LogP contribution in [-0.4, -0.2) is 27.0 Å². The molecule has 11 heteroatoms. The van der Waals surface area contributed by atoms with E-state index in [-0.39, 0.29) is 22.9 Å². The Labute approximate surface area is 185 Å². The van der Waals surface area contributed by atoms with Crippen molar-refractivity contribution in [2.45, 2.75) is 24.4 Å². The first-order valence-electron chi connectivity index (χ1n) is 9.79. The summed E-state index contributed by atoms with van der Waals surface area (Å²) < 4.78 is 38.9. The minimum atomic E-state index is -4.49. The third kappa shape index (κ3) is 4.56. The molecule has 1 amide bonds. The smallest absolute Gasteiger partial charge is 0.416 e. The van der Waals surface area contributed by atoms with E-state index in [2.05, 4.69) is 20.6 Å². The predicted molar refractivity (Wildman–Crippen MR) is 114 cm³/mol. The van der Waals surface area contributed by atoms with Crippen molar-refractivity contribution in [2.75, 3.05) is 10.6 Å². The number of nitrogens with zero attached hydrogens (tertiary/aromatic N) is 2. The minimum Gasteiger partial charge on any atom is -0.481 e. The van der Waals surface area contributed by atoms with E-state index in [0.29, 0.717) is 24.1 Å². The van der Waals surface area contributed by atoms with E-state index in [1.807, 2.05) is 0 Å². The molecule has 0 unspecified atom stereocenters. The molecule has 1 aliphatic carbocycles. The zero-order valence-corrected chi connectivity index (χ0v) is 17.0. The van der Waals surface area contributed by atoms with Gasteiger partial charge < -0.3 is 21.5 Å². The van der Waals surface area contributed by atoms with Crippen LogP contribution in [0, 0.1) is 0 Å². The van der Waals surface area contributed by atoms with Gasteiger partial charge in [0.15, 0.2) is 0 Å². The fraction of sp³-hybridized carbons (Fsp3) is 0.182. The van der Waals surface area contributed by atoms with Gasteiger partial charge in [-0.25, -0.2) is 9.97 Å². The standard InChI is InChI=1S/C22H18F3N5O3/c23-22(24,25)13-2-1-3-14(9-13)29-17-10-18(28-11-27-17)30-16-8-12(19(26)31)4-5-15(16)21(6-7-21)20(32)33/h1-5,8-11H,6-7H2,(H2,26,31)(H,32,33)(H2,27,28,29,30). The number of aliphatic carboxylic acids is 1. The average molecular weight is 457 g/mol. The third-order valence-electron chi connectivity index (χ3n) is 5.37. The topological polar surface area (TPSA) is 130 Å². The summed E-state index contributed by atoms with van der Waals surface area (Å²) in [5, 5.41) is 15.5. The molecule has 1 fully saturated rings. The molecule has 0 aliphatic heterocycles. The molecule has 0 atom stereocenters. The zero-order valence-electron chi connectivity index (χ0n) is 17.0. The second kappa shape index (κ2) is 8.08. The lowest BCUT2D eigenvalue weighted by atomic mass is 9.93. The SMILES string of the molecule is NC(=O)c1ccc(C2(C(=O)O)CC2)c(Nc2cc(Nc3cccc(C(F)(F)F)c3)ncn2)c1. The van der Waals surface area contributed by atoms with E-state index in [0.717, 1.165) is 12.1 Å². The van der Waals surface area contributed by atoms with E-state index in [1.165, 1.54) is 36.7 Å². The number of rotatable bonds is 7. The summed E-state index contributed by atoms with van der Waals surface area (Å²) in [7, 11) is 0. The van der Waals surface area contributed by atoms with E-state index < -0.39 is 29.0 Å². The van der Waals surface area contributed by atoms with Crippen LogP contribution >= 0.6 is 0 Å². The summed E-state index contributed by atoms with van der Waals surface area (Å²) >= 11 is 0. The highest BCUT2D eigenvalue weighted by atomic mass is 19.4. The molecule has 0 saturated heterocycles. The molecule has 1 aliphatic rings. The summed E-state index contributed by atoms with van der Waals surface area (Å²) in [5.41, 5.74) is 4.67. The first-order chi connectivity index (χ1) is 15.6. The van der Waals surface area contributed by atoms with Gasteiger partial charge in [0.25, 0.3) is 0 Å². The monoisotopic (exact) mass is 457 g/mol. The second-order valence-electron chi connectivity index (χ2n) is 7.63. The number of nitrogens with one attached hydrogen (secondary N) is 2. The van der Waals surface area contributed by atoms with Gasteiger partial charge in [0.1, 0.15) is 18.0 Å². The van der Waals surface area contributed by atoms with Crippen LogP contribution in [0.4, 0.5) is 36.2 Å². The van der Waals surface area contributed by atoms with Crippen LogP contribution in [0.2, 0.25) is 0 Å². The molecule has 5 N–H and O–H groups in total. The van der Waals surface area contributed by atoms with Crippen molar-refractivity contribution >= 4 is 34.9 Å². The van der Waals surface area contributed by atoms with E-state index in [9.17, 15) is 27.9 Å². The number of primary amides is 1. The van der Waals surface area contributed by atoms with E-state index in [4.69, 9.17) is 5.73 Å². The van der Waals surface area contributed by atoms with Crippen LogP contribution < -0.4 is 16.4 Å². The molecule has 4 rings (SSSR count). The number of alkyl halides is 3. The molecular weight excluding hydrogens is 439 g/mol. The number of carboxylic acids is 1. The lowest BCUT2D eigenvalue weighted by Gasteiger charge is -2.18. The van der Waals surface area contributed by atoms with Gasteiger partial charge in [0.2, 0.25) is 5.91 Å². The van der Waals surface area contributed by atoms with Crippen LogP contribution in [-0.2, 0) is 16.4 Å². The average Bonchev–Trinajstić information content (AvgIpc) is 3.56. The molecule has 2 aromatic carbocycles. The van der Waals surface area contributed by atoms with E-state index in [1.54, 1.807) is 6.07 Å². The van der Waals surface area contributed by atoms with E-state index >= 15 is 0 Å². The normalized spacial score (nSPS) is 14.4.